The fourth-order valence-corrected chi connectivity index (χ4v) is 2.44. The Morgan fingerprint density at radius 3 is 3.05 bits per heavy atom. The van der Waals surface area contributed by atoms with Crippen molar-refractivity contribution in [1.29, 1.82) is 0 Å². The van der Waals surface area contributed by atoms with Crippen molar-refractivity contribution in [2.24, 2.45) is 0 Å². The molecule has 1 aliphatic rings. The molecule has 0 radical (unpaired) electrons. The lowest BCUT2D eigenvalue weighted by Crippen LogP contribution is -2.49. The summed E-state index contributed by atoms with van der Waals surface area (Å²) in [6, 6.07) is 5.50. The number of nitrogens with one attached hydrogen (secondary N) is 1. The van der Waals surface area contributed by atoms with Crippen LogP contribution in [0.15, 0.2) is 18.2 Å². The van der Waals surface area contributed by atoms with Gasteiger partial charge in [-0.25, -0.2) is 4.39 Å². The molecule has 1 N–H and O–H groups in total. The zero-order valence-corrected chi connectivity index (χ0v) is 12.2. The van der Waals surface area contributed by atoms with Crippen LogP contribution in [0, 0.1) is 5.82 Å². The smallest absolute Gasteiger partial charge is 0.165 e. The molecule has 1 unspecified atom stereocenters. The average Bonchev–Trinajstić information content (AvgIpc) is 2.46. The maximum atomic E-state index is 13.7. The van der Waals surface area contributed by atoms with Gasteiger partial charge in [0.2, 0.25) is 0 Å². The molecular formula is C15H23FN2O2. The number of methoxy groups -OCH3 is 1. The van der Waals surface area contributed by atoms with Crippen molar-refractivity contribution in [3.05, 3.63) is 29.6 Å². The van der Waals surface area contributed by atoms with Crippen LogP contribution in [0.25, 0.3) is 0 Å². The highest BCUT2D eigenvalue weighted by Crippen LogP contribution is 2.20. The molecule has 0 aromatic heterocycles. The second-order valence-electron chi connectivity index (χ2n) is 4.98. The lowest BCUT2D eigenvalue weighted by Gasteiger charge is -2.35. The predicted octanol–water partition coefficient (Wildman–Crippen LogP) is 1.64. The first-order valence-electron chi connectivity index (χ1n) is 7.09. The summed E-state index contributed by atoms with van der Waals surface area (Å²) in [5.74, 6) is -0.0126. The summed E-state index contributed by atoms with van der Waals surface area (Å²) in [5, 5.41) is 3.35. The van der Waals surface area contributed by atoms with Gasteiger partial charge in [-0.1, -0.05) is 13.0 Å². The molecule has 0 amide bonds. The summed E-state index contributed by atoms with van der Waals surface area (Å²) >= 11 is 0. The standard InChI is InChI=1S/C15H23FN2O2/c1-3-17-9-13-11-20-7-6-18(13)10-12-4-5-15(19-2)14(16)8-12/h4-5,8,13,17H,3,6-7,9-11H2,1-2H3. The third kappa shape index (κ3) is 3.91. The van der Waals surface area contributed by atoms with E-state index in [-0.39, 0.29) is 5.82 Å². The summed E-state index contributed by atoms with van der Waals surface area (Å²) in [4.78, 5) is 2.34. The van der Waals surface area contributed by atoms with Gasteiger partial charge in [0.05, 0.1) is 20.3 Å². The third-order valence-electron chi connectivity index (χ3n) is 3.58. The van der Waals surface area contributed by atoms with E-state index >= 15 is 0 Å². The first kappa shape index (κ1) is 15.2. The van der Waals surface area contributed by atoms with Gasteiger partial charge in [-0.15, -0.1) is 0 Å². The molecule has 5 heteroatoms. The summed E-state index contributed by atoms with van der Waals surface area (Å²) in [6.07, 6.45) is 0. The number of halogens is 1. The van der Waals surface area contributed by atoms with E-state index in [1.807, 2.05) is 6.07 Å². The van der Waals surface area contributed by atoms with E-state index in [4.69, 9.17) is 9.47 Å². The van der Waals surface area contributed by atoms with Crippen molar-refractivity contribution >= 4 is 0 Å². The Balaban J connectivity index is 2.00. The maximum Gasteiger partial charge on any atom is 0.165 e. The normalized spacial score (nSPS) is 20.1. The van der Waals surface area contributed by atoms with Gasteiger partial charge in [0.25, 0.3) is 0 Å². The van der Waals surface area contributed by atoms with Crippen LogP contribution in [0.2, 0.25) is 0 Å². The number of likely N-dealkylation sites (N-methyl/N-ethyl adjacent to an activating group) is 1. The van der Waals surface area contributed by atoms with E-state index in [0.29, 0.717) is 11.8 Å². The number of benzene rings is 1. The Kier molecular flexibility index (Phi) is 5.76. The van der Waals surface area contributed by atoms with E-state index in [0.717, 1.165) is 45.0 Å². The molecule has 0 saturated carbocycles. The van der Waals surface area contributed by atoms with Crippen LogP contribution in [0.4, 0.5) is 4.39 Å². The highest BCUT2D eigenvalue weighted by atomic mass is 19.1. The van der Waals surface area contributed by atoms with Crippen molar-refractivity contribution < 1.29 is 13.9 Å². The monoisotopic (exact) mass is 282 g/mol. The molecular weight excluding hydrogens is 259 g/mol. The lowest BCUT2D eigenvalue weighted by molar-refractivity contribution is -0.0108. The van der Waals surface area contributed by atoms with Crippen molar-refractivity contribution in [1.82, 2.24) is 10.2 Å². The summed E-state index contributed by atoms with van der Waals surface area (Å²) in [5.41, 5.74) is 0.965. The van der Waals surface area contributed by atoms with Crippen LogP contribution in [0.3, 0.4) is 0 Å². The Labute approximate surface area is 119 Å². The molecule has 1 heterocycles. The van der Waals surface area contributed by atoms with E-state index in [1.165, 1.54) is 7.11 Å². The Morgan fingerprint density at radius 1 is 1.50 bits per heavy atom. The van der Waals surface area contributed by atoms with Crippen LogP contribution in [-0.4, -0.2) is 50.9 Å². The number of ether oxygens (including phenoxy) is 2. The van der Waals surface area contributed by atoms with Crippen LogP contribution in [-0.2, 0) is 11.3 Å². The lowest BCUT2D eigenvalue weighted by atomic mass is 10.1. The van der Waals surface area contributed by atoms with Gasteiger partial charge in [0, 0.05) is 25.7 Å². The quantitative estimate of drug-likeness (QED) is 0.860. The molecule has 1 aromatic rings. The molecule has 1 aliphatic heterocycles. The zero-order valence-electron chi connectivity index (χ0n) is 12.2. The topological polar surface area (TPSA) is 33.7 Å². The number of hydrogen-bond acceptors (Lipinski definition) is 4. The Hall–Kier alpha value is -1.17. The summed E-state index contributed by atoms with van der Waals surface area (Å²) in [7, 11) is 1.48. The summed E-state index contributed by atoms with van der Waals surface area (Å²) in [6.45, 7) is 7.01. The molecule has 0 spiro atoms. The minimum atomic E-state index is -0.304. The Bertz CT molecular complexity index is 428. The number of nitrogens with zero attached hydrogens (tertiary/aromatic N) is 1. The third-order valence-corrected chi connectivity index (χ3v) is 3.58. The second kappa shape index (κ2) is 7.57. The van der Waals surface area contributed by atoms with Crippen molar-refractivity contribution in [3.8, 4) is 5.75 Å². The van der Waals surface area contributed by atoms with Gasteiger partial charge < -0.3 is 14.8 Å². The van der Waals surface area contributed by atoms with Gasteiger partial charge in [-0.05, 0) is 24.2 Å². The molecule has 112 valence electrons. The van der Waals surface area contributed by atoms with Crippen LogP contribution in [0.5, 0.6) is 5.75 Å². The zero-order chi connectivity index (χ0) is 14.4. The molecule has 1 aromatic carbocycles. The van der Waals surface area contributed by atoms with Crippen LogP contribution in [0.1, 0.15) is 12.5 Å². The molecule has 20 heavy (non-hydrogen) atoms. The predicted molar refractivity (Wildman–Crippen MR) is 76.5 cm³/mol. The van der Waals surface area contributed by atoms with Gasteiger partial charge in [-0.2, -0.15) is 0 Å². The van der Waals surface area contributed by atoms with Crippen molar-refractivity contribution in [2.75, 3.05) is 40.0 Å². The molecule has 1 fully saturated rings. The van der Waals surface area contributed by atoms with E-state index in [9.17, 15) is 4.39 Å². The first-order chi connectivity index (χ1) is 9.74. The van der Waals surface area contributed by atoms with E-state index in [1.54, 1.807) is 12.1 Å². The molecule has 2 rings (SSSR count). The molecule has 4 nitrogen and oxygen atoms in total. The van der Waals surface area contributed by atoms with Crippen molar-refractivity contribution in [2.45, 2.75) is 19.5 Å². The van der Waals surface area contributed by atoms with Crippen molar-refractivity contribution in [3.63, 3.8) is 0 Å². The minimum absolute atomic E-state index is 0.292. The molecule has 0 aliphatic carbocycles. The number of morpholine rings is 1. The fraction of sp³-hybridized carbons (Fsp3) is 0.600. The SMILES string of the molecule is CCNCC1COCCN1Cc1ccc(OC)c(F)c1. The molecule has 0 bridgehead atoms. The largest absolute Gasteiger partial charge is 0.494 e. The number of rotatable bonds is 6. The number of hydrogen-bond donors (Lipinski definition) is 1. The summed E-state index contributed by atoms with van der Waals surface area (Å²) < 4.78 is 24.2. The molecule has 1 atom stereocenters. The van der Waals surface area contributed by atoms with E-state index < -0.39 is 0 Å². The van der Waals surface area contributed by atoms with E-state index in [2.05, 4.69) is 17.1 Å². The van der Waals surface area contributed by atoms with Gasteiger partial charge in [-0.3, -0.25) is 4.90 Å². The van der Waals surface area contributed by atoms with Gasteiger partial charge in [0.15, 0.2) is 11.6 Å². The van der Waals surface area contributed by atoms with Gasteiger partial charge >= 0.3 is 0 Å². The Morgan fingerprint density at radius 2 is 2.35 bits per heavy atom. The average molecular weight is 282 g/mol. The second-order valence-corrected chi connectivity index (χ2v) is 4.98. The maximum absolute atomic E-state index is 13.7. The minimum Gasteiger partial charge on any atom is -0.494 e. The highest BCUT2D eigenvalue weighted by Gasteiger charge is 2.22. The molecule has 1 saturated heterocycles. The van der Waals surface area contributed by atoms with Gasteiger partial charge in [0.1, 0.15) is 0 Å². The van der Waals surface area contributed by atoms with Crippen LogP contribution < -0.4 is 10.1 Å². The fourth-order valence-electron chi connectivity index (χ4n) is 2.44. The first-order valence-corrected chi connectivity index (χ1v) is 7.09. The van der Waals surface area contributed by atoms with Crippen LogP contribution >= 0.6 is 0 Å². The highest BCUT2D eigenvalue weighted by molar-refractivity contribution is 5.29.